The van der Waals surface area contributed by atoms with Gasteiger partial charge in [0.25, 0.3) is 0 Å². The summed E-state index contributed by atoms with van der Waals surface area (Å²) in [6.07, 6.45) is 5.95. The van der Waals surface area contributed by atoms with Gasteiger partial charge in [0.05, 0.1) is 19.4 Å². The quantitative estimate of drug-likeness (QED) is 0.202. The Balaban J connectivity index is 1.65. The van der Waals surface area contributed by atoms with Crippen LogP contribution >= 0.6 is 11.6 Å². The lowest BCUT2D eigenvalue weighted by Crippen LogP contribution is -2.35. The Kier molecular flexibility index (Phi) is 8.77. The van der Waals surface area contributed by atoms with Crippen molar-refractivity contribution in [1.29, 1.82) is 0 Å². The normalized spacial score (nSPS) is 13.1. The van der Waals surface area contributed by atoms with Crippen LogP contribution in [0, 0.1) is 19.3 Å². The van der Waals surface area contributed by atoms with Gasteiger partial charge in [-0.05, 0) is 32.4 Å². The van der Waals surface area contributed by atoms with Crippen LogP contribution in [0.15, 0.2) is 20.0 Å². The third kappa shape index (κ3) is 6.88. The van der Waals surface area contributed by atoms with E-state index in [-0.39, 0.29) is 60.7 Å². The number of aromatic nitrogens is 4. The number of terminal acetylenes is 1. The van der Waals surface area contributed by atoms with Crippen molar-refractivity contribution in [1.82, 2.24) is 19.5 Å². The highest BCUT2D eigenvalue weighted by Crippen LogP contribution is 2.24. The van der Waals surface area contributed by atoms with Gasteiger partial charge >= 0.3 is 17.9 Å². The Labute approximate surface area is 221 Å². The van der Waals surface area contributed by atoms with Crippen molar-refractivity contribution in [2.45, 2.75) is 58.0 Å². The van der Waals surface area contributed by atoms with Crippen molar-refractivity contribution in [2.24, 2.45) is 0 Å². The molecule has 2 N–H and O–H groups in total. The van der Waals surface area contributed by atoms with Crippen molar-refractivity contribution >= 4 is 40.6 Å². The summed E-state index contributed by atoms with van der Waals surface area (Å²) in [5.74, 6) is 1.07. The van der Waals surface area contributed by atoms with E-state index >= 15 is 0 Å². The van der Waals surface area contributed by atoms with E-state index in [4.69, 9.17) is 41.1 Å². The van der Waals surface area contributed by atoms with Crippen LogP contribution < -0.4 is 11.1 Å². The second-order valence-corrected chi connectivity index (χ2v) is 9.09. The number of hydrogen-bond acceptors (Lipinski definition) is 12. The average molecular weight is 552 g/mol. The van der Waals surface area contributed by atoms with E-state index < -0.39 is 29.1 Å². The zero-order valence-corrected chi connectivity index (χ0v) is 21.8. The monoisotopic (exact) mass is 551 g/mol. The predicted molar refractivity (Wildman–Crippen MR) is 131 cm³/mol. The molecular weight excluding hydrogens is 526 g/mol. The molecule has 0 bridgehead atoms. The van der Waals surface area contributed by atoms with Crippen LogP contribution in [0.25, 0.3) is 11.2 Å². The Morgan fingerprint density at radius 1 is 1.32 bits per heavy atom. The molecule has 3 aromatic rings. The Bertz CT molecular complexity index is 1410. The van der Waals surface area contributed by atoms with E-state index in [0.717, 1.165) is 0 Å². The molecule has 0 saturated carbocycles. The molecule has 0 fully saturated rings. The van der Waals surface area contributed by atoms with E-state index in [1.165, 1.54) is 34.2 Å². The smallest absolute Gasteiger partial charge is 0.457 e. The average Bonchev–Trinajstić information content (AvgIpc) is 3.39. The minimum Gasteiger partial charge on any atom is -0.457 e. The zero-order chi connectivity index (χ0) is 28.1. The topological polar surface area (TPSA) is 181 Å². The number of halogens is 1. The minimum atomic E-state index is -1.29. The number of carbonyl (C=O) groups excluding carboxylic acids is 2. The first-order valence-electron chi connectivity index (χ1n) is 11.2. The second-order valence-electron chi connectivity index (χ2n) is 8.75. The van der Waals surface area contributed by atoms with Gasteiger partial charge in [0.2, 0.25) is 5.28 Å². The van der Waals surface area contributed by atoms with Gasteiger partial charge in [-0.25, -0.2) is 14.6 Å². The van der Waals surface area contributed by atoms with Gasteiger partial charge in [0, 0.05) is 20.1 Å². The largest absolute Gasteiger partial charge is 0.519 e. The number of methoxy groups -OCH3 is 1. The molecule has 0 aromatic carbocycles. The summed E-state index contributed by atoms with van der Waals surface area (Å²) in [6.45, 7) is 4.06. The number of hydrogen-bond donors (Lipinski definition) is 2. The molecular formula is C23H26ClN5O9. The number of anilines is 1. The summed E-state index contributed by atoms with van der Waals surface area (Å²) >= 11 is 6.06. The molecule has 3 heterocycles. The van der Waals surface area contributed by atoms with Crippen molar-refractivity contribution in [2.75, 3.05) is 19.0 Å². The maximum absolute atomic E-state index is 12.6. The Morgan fingerprint density at radius 3 is 2.66 bits per heavy atom. The molecule has 0 radical (unpaired) electrons. The first-order chi connectivity index (χ1) is 17.9. The number of aryl methyl sites for hydroxylation is 2. The molecule has 204 valence electrons. The summed E-state index contributed by atoms with van der Waals surface area (Å²) in [6, 6.07) is 0. The molecule has 0 aliphatic carbocycles. The van der Waals surface area contributed by atoms with Gasteiger partial charge in [-0.3, -0.25) is 10.1 Å². The molecule has 3 aromatic heterocycles. The number of aliphatic hydroxyl groups excluding tert-OH is 1. The Morgan fingerprint density at radius 2 is 2.05 bits per heavy atom. The number of esters is 1. The van der Waals surface area contributed by atoms with E-state index in [9.17, 15) is 19.5 Å². The molecule has 0 aliphatic rings. The fourth-order valence-electron chi connectivity index (χ4n) is 3.35. The predicted octanol–water partition coefficient (Wildman–Crippen LogP) is 2.20. The van der Waals surface area contributed by atoms with Gasteiger partial charge in [0.15, 0.2) is 40.7 Å². The third-order valence-corrected chi connectivity index (χ3v) is 5.63. The number of nitrogens with one attached hydrogen (secondary N) is 1. The summed E-state index contributed by atoms with van der Waals surface area (Å²) in [5, 5.41) is 11.9. The van der Waals surface area contributed by atoms with Crippen LogP contribution in [-0.2, 0) is 32.2 Å². The van der Waals surface area contributed by atoms with Crippen molar-refractivity contribution in [3.05, 3.63) is 33.7 Å². The summed E-state index contributed by atoms with van der Waals surface area (Å²) in [4.78, 5) is 48.4. The van der Waals surface area contributed by atoms with Gasteiger partial charge in [0.1, 0.15) is 5.60 Å². The fourth-order valence-corrected chi connectivity index (χ4v) is 3.52. The maximum atomic E-state index is 12.6. The Hall–Kier alpha value is -3.93. The molecule has 15 heteroatoms. The fraction of sp³-hybridized carbons (Fsp3) is 0.478. The SMILES string of the molecule is C#CC(CO)(CCn1cnc2c(NC(=O)OC(C)(C)CC(=O)OCc3oc(=O)oc3C)nc(Cl)nc21)OC. The van der Waals surface area contributed by atoms with E-state index in [2.05, 4.69) is 26.2 Å². The summed E-state index contributed by atoms with van der Waals surface area (Å²) < 4.78 is 26.8. The molecule has 38 heavy (non-hydrogen) atoms. The van der Waals surface area contributed by atoms with Crippen LogP contribution in [0.4, 0.5) is 10.6 Å². The summed E-state index contributed by atoms with van der Waals surface area (Å²) in [5.41, 5.74) is -1.96. The molecule has 0 saturated heterocycles. The number of ether oxygens (including phenoxy) is 3. The summed E-state index contributed by atoms with van der Waals surface area (Å²) in [7, 11) is 1.40. The van der Waals surface area contributed by atoms with Crippen molar-refractivity contribution in [3.63, 3.8) is 0 Å². The van der Waals surface area contributed by atoms with Crippen LogP contribution in [0.3, 0.4) is 0 Å². The minimum absolute atomic E-state index is 0.0234. The number of carbonyl (C=O) groups is 2. The third-order valence-electron chi connectivity index (χ3n) is 5.46. The molecule has 1 amide bonds. The molecule has 14 nitrogen and oxygen atoms in total. The highest BCUT2D eigenvalue weighted by Gasteiger charge is 2.29. The maximum Gasteiger partial charge on any atom is 0.519 e. The van der Waals surface area contributed by atoms with E-state index in [1.807, 2.05) is 0 Å². The van der Waals surface area contributed by atoms with Crippen LogP contribution in [0.5, 0.6) is 0 Å². The van der Waals surface area contributed by atoms with E-state index in [1.54, 1.807) is 4.57 Å². The van der Waals surface area contributed by atoms with Crippen LogP contribution in [0.1, 0.15) is 38.2 Å². The number of nitrogens with zero attached hydrogens (tertiary/aromatic N) is 4. The highest BCUT2D eigenvalue weighted by molar-refractivity contribution is 6.28. The van der Waals surface area contributed by atoms with Crippen LogP contribution in [-0.4, -0.2) is 61.6 Å². The molecule has 0 aliphatic heterocycles. The van der Waals surface area contributed by atoms with Crippen LogP contribution in [0.2, 0.25) is 5.28 Å². The highest BCUT2D eigenvalue weighted by atomic mass is 35.5. The number of amides is 1. The van der Waals surface area contributed by atoms with Gasteiger partial charge < -0.3 is 32.7 Å². The zero-order valence-electron chi connectivity index (χ0n) is 21.1. The molecule has 1 atom stereocenters. The lowest BCUT2D eigenvalue weighted by atomic mass is 10.0. The lowest BCUT2D eigenvalue weighted by molar-refractivity contribution is -0.149. The van der Waals surface area contributed by atoms with Gasteiger partial charge in [-0.2, -0.15) is 9.97 Å². The first kappa shape index (κ1) is 28.6. The first-order valence-corrected chi connectivity index (χ1v) is 11.6. The standard InChI is InChI=1S/C23H26ClN5O9/c1-6-23(11-30,34-5)7-8-29-12-25-16-17(26-19(24)28-18(16)29)27-20(32)38-22(3,4)9-15(31)35-10-14-13(2)36-21(33)37-14/h1,12,30H,7-11H2,2-5H3,(H,26,27,28,32). The number of fused-ring (bicyclic) bond motifs is 1. The van der Waals surface area contributed by atoms with Crippen molar-refractivity contribution < 1.29 is 37.7 Å². The van der Waals surface area contributed by atoms with Gasteiger partial charge in [-0.15, -0.1) is 6.42 Å². The number of rotatable bonds is 11. The number of imidazole rings is 1. The lowest BCUT2D eigenvalue weighted by Gasteiger charge is -2.24. The van der Waals surface area contributed by atoms with E-state index in [0.29, 0.717) is 5.65 Å². The van der Waals surface area contributed by atoms with Gasteiger partial charge in [-0.1, -0.05) is 5.92 Å². The molecule has 0 spiro atoms. The second kappa shape index (κ2) is 11.6. The molecule has 1 unspecified atom stereocenters. The van der Waals surface area contributed by atoms with Crippen molar-refractivity contribution in [3.8, 4) is 12.3 Å². The molecule has 3 rings (SSSR count). The number of aliphatic hydroxyl groups is 1.